The maximum atomic E-state index is 13.2. The Labute approximate surface area is 208 Å². The number of rotatable bonds is 12. The van der Waals surface area contributed by atoms with Gasteiger partial charge in [0.1, 0.15) is 0 Å². The molecular weight excluding hydrogens is 515 g/mol. The van der Waals surface area contributed by atoms with Crippen LogP contribution in [0.5, 0.6) is 0 Å². The fraction of sp³-hybridized carbons (Fsp3) is 0.897. The second-order valence-corrected chi connectivity index (χ2v) is 24.6. The minimum atomic E-state index is -2.55. The van der Waals surface area contributed by atoms with Gasteiger partial charge in [-0.15, -0.1) is 0 Å². The molecule has 0 aromatic carbocycles. The summed E-state index contributed by atoms with van der Waals surface area (Å²) in [6, 6.07) is 0. The molecule has 3 fully saturated rings. The van der Waals surface area contributed by atoms with Crippen LogP contribution >= 0.6 is 0 Å². The van der Waals surface area contributed by atoms with Gasteiger partial charge in [-0.05, 0) is 0 Å². The summed E-state index contributed by atoms with van der Waals surface area (Å²) in [6.45, 7) is 9.40. The van der Waals surface area contributed by atoms with Crippen LogP contribution in [0.3, 0.4) is 0 Å². The van der Waals surface area contributed by atoms with E-state index in [1.165, 1.54) is 63.8 Å². The number of ether oxygens (including phenoxy) is 1. The molecule has 0 unspecified atom stereocenters. The Morgan fingerprint density at radius 2 is 1.55 bits per heavy atom. The van der Waals surface area contributed by atoms with Crippen molar-refractivity contribution in [1.82, 2.24) is 0 Å². The van der Waals surface area contributed by atoms with E-state index in [9.17, 15) is 9.90 Å². The van der Waals surface area contributed by atoms with Gasteiger partial charge >= 0.3 is 209 Å². The van der Waals surface area contributed by atoms with Crippen LogP contribution in [0, 0.1) is 17.3 Å². The third-order valence-corrected chi connectivity index (χ3v) is 23.9. The van der Waals surface area contributed by atoms with Crippen LogP contribution in [-0.4, -0.2) is 41.7 Å². The molecule has 0 aliphatic heterocycles. The van der Waals surface area contributed by atoms with Gasteiger partial charge in [-0.3, -0.25) is 0 Å². The van der Waals surface area contributed by atoms with Gasteiger partial charge in [-0.2, -0.15) is 0 Å². The first-order valence-electron chi connectivity index (χ1n) is 14.5. The van der Waals surface area contributed by atoms with Crippen molar-refractivity contribution in [3.63, 3.8) is 0 Å². The average molecular weight is 567 g/mol. The summed E-state index contributed by atoms with van der Waals surface area (Å²) in [6.07, 6.45) is 16.2. The van der Waals surface area contributed by atoms with Crippen LogP contribution in [0.25, 0.3) is 0 Å². The molecule has 0 bridgehead atoms. The summed E-state index contributed by atoms with van der Waals surface area (Å²) < 4.78 is 12.9. The number of aliphatic hydroxyl groups is 1. The second kappa shape index (κ2) is 12.3. The molecule has 4 heteroatoms. The maximum absolute atomic E-state index is 13.2. The third kappa shape index (κ3) is 5.70. The first-order chi connectivity index (χ1) is 15.9. The quantitative estimate of drug-likeness (QED) is 0.192. The number of unbranched alkanes of at least 4 members (excludes halogenated alkanes) is 3. The molecule has 0 saturated heterocycles. The van der Waals surface area contributed by atoms with Gasteiger partial charge in [0.15, 0.2) is 0 Å². The van der Waals surface area contributed by atoms with Gasteiger partial charge in [-0.25, -0.2) is 0 Å². The molecule has 33 heavy (non-hydrogen) atoms. The van der Waals surface area contributed by atoms with Crippen molar-refractivity contribution in [1.29, 1.82) is 0 Å². The zero-order valence-corrected chi connectivity index (χ0v) is 25.1. The number of esters is 1. The molecule has 3 saturated carbocycles. The van der Waals surface area contributed by atoms with Gasteiger partial charge in [0, 0.05) is 0 Å². The van der Waals surface area contributed by atoms with Crippen molar-refractivity contribution in [2.45, 2.75) is 136 Å². The van der Waals surface area contributed by atoms with E-state index in [2.05, 4.69) is 24.9 Å². The molecule has 0 heterocycles. The van der Waals surface area contributed by atoms with E-state index in [1.54, 1.807) is 0 Å². The van der Waals surface area contributed by atoms with E-state index in [4.69, 9.17) is 4.74 Å². The summed E-state index contributed by atoms with van der Waals surface area (Å²) in [5, 5.41) is 12.2. The Balaban J connectivity index is 2.08. The molecule has 3 aliphatic carbocycles. The van der Waals surface area contributed by atoms with Gasteiger partial charge in [0.05, 0.1) is 0 Å². The van der Waals surface area contributed by atoms with Gasteiger partial charge in [0.2, 0.25) is 0 Å². The molecule has 190 valence electrons. The Kier molecular flexibility index (Phi) is 10.3. The summed E-state index contributed by atoms with van der Waals surface area (Å²) in [4.78, 5) is 13.2. The Morgan fingerprint density at radius 1 is 0.970 bits per heavy atom. The van der Waals surface area contributed by atoms with Crippen molar-refractivity contribution in [3.05, 3.63) is 9.67 Å². The summed E-state index contributed by atoms with van der Waals surface area (Å²) in [5.74, 6) is 0.208. The molecule has 3 rings (SSSR count). The Morgan fingerprint density at radius 3 is 2.12 bits per heavy atom. The molecule has 1 spiro atoms. The van der Waals surface area contributed by atoms with E-state index >= 15 is 0 Å². The van der Waals surface area contributed by atoms with Gasteiger partial charge in [-0.1, -0.05) is 0 Å². The average Bonchev–Trinajstić information content (AvgIpc) is 3.08. The van der Waals surface area contributed by atoms with E-state index < -0.39 is 24.0 Å². The summed E-state index contributed by atoms with van der Waals surface area (Å²) >= 11 is -2.55. The molecule has 1 N–H and O–H groups in total. The molecular formula is C29H52O3Sn. The Bertz CT molecular complexity index is 648. The van der Waals surface area contributed by atoms with Crippen molar-refractivity contribution in [3.8, 4) is 0 Å². The van der Waals surface area contributed by atoms with Crippen molar-refractivity contribution in [2.24, 2.45) is 17.3 Å². The normalized spacial score (nSPS) is 33.1. The van der Waals surface area contributed by atoms with Gasteiger partial charge in [0.25, 0.3) is 0 Å². The van der Waals surface area contributed by atoms with E-state index in [0.717, 1.165) is 44.9 Å². The van der Waals surface area contributed by atoms with E-state index in [0.29, 0.717) is 6.61 Å². The van der Waals surface area contributed by atoms with Crippen LogP contribution in [0.15, 0.2) is 9.67 Å². The summed E-state index contributed by atoms with van der Waals surface area (Å²) in [5.41, 5.74) is 0.853. The molecule has 3 aliphatic rings. The van der Waals surface area contributed by atoms with Crippen LogP contribution in [0.4, 0.5) is 0 Å². The number of carbonyl (C=O) groups excluding carboxylic acids is 1. The molecule has 0 radical (unpaired) electrons. The monoisotopic (exact) mass is 568 g/mol. The van der Waals surface area contributed by atoms with Crippen LogP contribution < -0.4 is 0 Å². The first-order valence-corrected chi connectivity index (χ1v) is 22.2. The zero-order valence-electron chi connectivity index (χ0n) is 22.2. The van der Waals surface area contributed by atoms with Crippen molar-refractivity contribution in [2.75, 3.05) is 6.61 Å². The zero-order chi connectivity index (χ0) is 24.0. The standard InChI is InChI=1S/C17H25O3.3C4H9.Sn/c1-3-20-15(18)13-7-6-9-16-8-4-5-10-17(16,19)11-12(2)14(13)16;3*1-3-4-2;/h2,13-14,19H,3-11H2,1H3;3*1,3-4H2,2H3;/t13-,14+,16-,17+;;;;/m0..../s1. The number of carbonyl (C=O) groups is 1. The topological polar surface area (TPSA) is 46.5 Å². The van der Waals surface area contributed by atoms with Crippen LogP contribution in [0.2, 0.25) is 13.3 Å². The molecule has 0 aromatic rings. The molecule has 3 nitrogen and oxygen atoms in total. The first kappa shape index (κ1) is 27.6. The molecule has 4 atom stereocenters. The van der Waals surface area contributed by atoms with Crippen LogP contribution in [-0.2, 0) is 9.53 Å². The van der Waals surface area contributed by atoms with Crippen LogP contribution in [0.1, 0.15) is 118 Å². The van der Waals surface area contributed by atoms with Gasteiger partial charge < -0.3 is 0 Å². The molecule has 0 amide bonds. The Hall–Kier alpha value is -0.0313. The number of hydrogen-bond donors (Lipinski definition) is 1. The fourth-order valence-electron chi connectivity index (χ4n) is 8.03. The van der Waals surface area contributed by atoms with E-state index in [1.807, 2.05) is 6.92 Å². The SMILES string of the molecule is CCC[CH2][Sn](/[CH]=C1\C[C@]2(O)CCCC[C@@]23CCC[C@H](C(=O)OCC)[C@@H]13)([CH2]CCC)[CH2]CCC. The van der Waals surface area contributed by atoms with Crippen molar-refractivity contribution >= 4 is 24.3 Å². The number of hydrogen-bond acceptors (Lipinski definition) is 3. The van der Waals surface area contributed by atoms with E-state index in [-0.39, 0.29) is 23.2 Å². The predicted molar refractivity (Wildman–Crippen MR) is 141 cm³/mol. The van der Waals surface area contributed by atoms with Crippen molar-refractivity contribution < 1.29 is 14.6 Å². The second-order valence-electron chi connectivity index (χ2n) is 11.7. The summed E-state index contributed by atoms with van der Waals surface area (Å²) in [7, 11) is 0. The molecule has 0 aromatic heterocycles. The fourth-order valence-corrected chi connectivity index (χ4v) is 23.5. The third-order valence-electron chi connectivity index (χ3n) is 9.59. The minimum absolute atomic E-state index is 0.0128. The predicted octanol–water partition coefficient (Wildman–Crippen LogP) is 7.98.